The quantitative estimate of drug-likeness (QED) is 0.490. The molecule has 2 aromatic rings. The molecule has 2 rings (SSSR count). The van der Waals surface area contributed by atoms with E-state index in [1.54, 1.807) is 36.4 Å². The van der Waals surface area contributed by atoms with E-state index in [2.05, 4.69) is 0 Å². The Morgan fingerprint density at radius 3 is 2.14 bits per heavy atom. The molecular weight excluding hydrogens is 292 g/mol. The van der Waals surface area contributed by atoms with Crippen molar-refractivity contribution >= 4 is 23.4 Å². The van der Waals surface area contributed by atoms with Crippen LogP contribution in [0.3, 0.4) is 0 Å². The Labute approximate surface area is 127 Å². The van der Waals surface area contributed by atoms with Crippen LogP contribution in [0.1, 0.15) is 27.6 Å². The summed E-state index contributed by atoms with van der Waals surface area (Å²) < 4.78 is 10.4. The number of benzene rings is 2. The van der Waals surface area contributed by atoms with Gasteiger partial charge in [0.25, 0.3) is 0 Å². The van der Waals surface area contributed by atoms with Gasteiger partial charge >= 0.3 is 5.97 Å². The molecule has 5 heteroatoms. The molecule has 0 fully saturated rings. The van der Waals surface area contributed by atoms with Gasteiger partial charge in [-0.2, -0.15) is 0 Å². The lowest BCUT2D eigenvalue weighted by molar-refractivity contribution is 0.0728. The van der Waals surface area contributed by atoms with Gasteiger partial charge in [0.2, 0.25) is 0 Å². The van der Waals surface area contributed by atoms with Crippen LogP contribution in [0.15, 0.2) is 42.5 Å². The first-order chi connectivity index (χ1) is 10.0. The molecular formula is C16H13ClO4. The normalized spacial score (nSPS) is 10.0. The average Bonchev–Trinajstić information content (AvgIpc) is 2.47. The number of methoxy groups -OCH3 is 1. The van der Waals surface area contributed by atoms with E-state index in [0.717, 1.165) is 0 Å². The maximum Gasteiger partial charge on any atom is 0.343 e. The number of ether oxygens (including phenoxy) is 2. The predicted molar refractivity (Wildman–Crippen MR) is 79.4 cm³/mol. The van der Waals surface area contributed by atoms with E-state index in [0.29, 0.717) is 21.9 Å². The van der Waals surface area contributed by atoms with Crippen molar-refractivity contribution in [2.75, 3.05) is 7.11 Å². The minimum absolute atomic E-state index is 0.124. The fourth-order valence-electron chi connectivity index (χ4n) is 1.72. The molecule has 0 amide bonds. The monoisotopic (exact) mass is 304 g/mol. The fourth-order valence-corrected chi connectivity index (χ4v) is 1.85. The molecule has 0 saturated carbocycles. The molecule has 0 spiro atoms. The molecule has 4 nitrogen and oxygen atoms in total. The summed E-state index contributed by atoms with van der Waals surface area (Å²) in [5, 5.41) is 0.530. The smallest absolute Gasteiger partial charge is 0.343 e. The Morgan fingerprint density at radius 2 is 1.57 bits per heavy atom. The van der Waals surface area contributed by atoms with Gasteiger partial charge in [-0.3, -0.25) is 4.79 Å². The molecule has 0 aliphatic rings. The molecule has 0 radical (unpaired) electrons. The summed E-state index contributed by atoms with van der Waals surface area (Å²) >= 11 is 5.77. The lowest BCUT2D eigenvalue weighted by Crippen LogP contribution is -2.09. The highest BCUT2D eigenvalue weighted by molar-refractivity contribution is 6.30. The van der Waals surface area contributed by atoms with Crippen molar-refractivity contribution in [2.45, 2.75) is 6.92 Å². The number of hydrogen-bond acceptors (Lipinski definition) is 4. The van der Waals surface area contributed by atoms with Crippen LogP contribution < -0.4 is 9.47 Å². The second-order valence-corrected chi connectivity index (χ2v) is 4.75. The minimum Gasteiger partial charge on any atom is -0.493 e. The van der Waals surface area contributed by atoms with Gasteiger partial charge in [0, 0.05) is 10.6 Å². The van der Waals surface area contributed by atoms with Crippen molar-refractivity contribution in [3.8, 4) is 11.5 Å². The van der Waals surface area contributed by atoms with Crippen LogP contribution in [0.2, 0.25) is 5.02 Å². The van der Waals surface area contributed by atoms with Crippen LogP contribution in [0, 0.1) is 0 Å². The number of hydrogen-bond donors (Lipinski definition) is 0. The third kappa shape index (κ3) is 3.61. The van der Waals surface area contributed by atoms with E-state index in [1.165, 1.54) is 20.1 Å². The van der Waals surface area contributed by atoms with Gasteiger partial charge in [0.05, 0.1) is 12.7 Å². The molecule has 0 heterocycles. The summed E-state index contributed by atoms with van der Waals surface area (Å²) in [7, 11) is 1.46. The zero-order chi connectivity index (χ0) is 15.4. The van der Waals surface area contributed by atoms with Gasteiger partial charge in [-0.1, -0.05) is 11.6 Å². The van der Waals surface area contributed by atoms with E-state index in [4.69, 9.17) is 21.1 Å². The summed E-state index contributed by atoms with van der Waals surface area (Å²) in [6.07, 6.45) is 0. The van der Waals surface area contributed by atoms with Crippen LogP contribution in [-0.2, 0) is 0 Å². The number of rotatable bonds is 4. The standard InChI is InChI=1S/C16H13ClO4/c1-10(18)12-5-8-14(20-2)15(9-12)21-16(19)11-3-6-13(17)7-4-11/h3-9H,1-2H3. The molecule has 0 aliphatic heterocycles. The van der Waals surface area contributed by atoms with Gasteiger partial charge in [-0.25, -0.2) is 4.79 Å². The molecule has 0 atom stereocenters. The van der Waals surface area contributed by atoms with Crippen molar-refractivity contribution in [3.63, 3.8) is 0 Å². The van der Waals surface area contributed by atoms with E-state index in [-0.39, 0.29) is 11.5 Å². The lowest BCUT2D eigenvalue weighted by Gasteiger charge is -2.10. The highest BCUT2D eigenvalue weighted by Gasteiger charge is 2.14. The maximum atomic E-state index is 12.1. The first-order valence-corrected chi connectivity index (χ1v) is 6.56. The van der Waals surface area contributed by atoms with E-state index < -0.39 is 5.97 Å². The van der Waals surface area contributed by atoms with Gasteiger partial charge in [-0.15, -0.1) is 0 Å². The van der Waals surface area contributed by atoms with Crippen molar-refractivity contribution < 1.29 is 19.1 Å². The Hall–Kier alpha value is -2.33. The lowest BCUT2D eigenvalue weighted by atomic mass is 10.1. The van der Waals surface area contributed by atoms with Crippen molar-refractivity contribution in [1.29, 1.82) is 0 Å². The molecule has 0 aliphatic carbocycles. The molecule has 0 N–H and O–H groups in total. The Balaban J connectivity index is 2.29. The molecule has 0 bridgehead atoms. The number of halogens is 1. The zero-order valence-corrected chi connectivity index (χ0v) is 12.3. The predicted octanol–water partition coefficient (Wildman–Crippen LogP) is 3.77. The van der Waals surface area contributed by atoms with Crippen LogP contribution in [0.25, 0.3) is 0 Å². The Morgan fingerprint density at radius 1 is 0.952 bits per heavy atom. The summed E-state index contributed by atoms with van der Waals surface area (Å²) in [5.41, 5.74) is 0.796. The van der Waals surface area contributed by atoms with E-state index in [9.17, 15) is 9.59 Å². The average molecular weight is 305 g/mol. The molecule has 2 aromatic carbocycles. The summed E-state index contributed by atoms with van der Waals surface area (Å²) in [4.78, 5) is 23.5. The van der Waals surface area contributed by atoms with Crippen molar-refractivity contribution in [1.82, 2.24) is 0 Å². The van der Waals surface area contributed by atoms with Gasteiger partial charge < -0.3 is 9.47 Å². The molecule has 0 unspecified atom stereocenters. The largest absolute Gasteiger partial charge is 0.493 e. The summed E-state index contributed by atoms with van der Waals surface area (Å²) in [6, 6.07) is 11.0. The number of ketones is 1. The SMILES string of the molecule is COc1ccc(C(C)=O)cc1OC(=O)c1ccc(Cl)cc1. The van der Waals surface area contributed by atoms with Crippen LogP contribution in [-0.4, -0.2) is 18.9 Å². The fraction of sp³-hybridized carbons (Fsp3) is 0.125. The first kappa shape index (κ1) is 15.1. The third-order valence-corrected chi connectivity index (χ3v) is 3.10. The number of carbonyl (C=O) groups is 2. The Kier molecular flexibility index (Phi) is 4.60. The second-order valence-electron chi connectivity index (χ2n) is 4.32. The molecule has 21 heavy (non-hydrogen) atoms. The third-order valence-electron chi connectivity index (χ3n) is 2.85. The number of Topliss-reactive ketones (excluding diaryl/α,β-unsaturated/α-hetero) is 1. The molecule has 108 valence electrons. The number of esters is 1. The van der Waals surface area contributed by atoms with E-state index >= 15 is 0 Å². The van der Waals surface area contributed by atoms with Gasteiger partial charge in [0.1, 0.15) is 0 Å². The number of carbonyl (C=O) groups excluding carboxylic acids is 2. The van der Waals surface area contributed by atoms with Crippen LogP contribution >= 0.6 is 11.6 Å². The topological polar surface area (TPSA) is 52.6 Å². The minimum atomic E-state index is -0.550. The molecule has 0 aromatic heterocycles. The Bertz CT molecular complexity index is 677. The maximum absolute atomic E-state index is 12.1. The first-order valence-electron chi connectivity index (χ1n) is 6.18. The molecule has 0 saturated heterocycles. The van der Waals surface area contributed by atoms with Crippen molar-refractivity contribution in [2.24, 2.45) is 0 Å². The zero-order valence-electron chi connectivity index (χ0n) is 11.6. The summed E-state index contributed by atoms with van der Waals surface area (Å²) in [6.45, 7) is 1.44. The van der Waals surface area contributed by atoms with Crippen LogP contribution in [0.4, 0.5) is 0 Å². The van der Waals surface area contributed by atoms with Gasteiger partial charge in [0.15, 0.2) is 17.3 Å². The van der Waals surface area contributed by atoms with Crippen LogP contribution in [0.5, 0.6) is 11.5 Å². The van der Waals surface area contributed by atoms with Crippen molar-refractivity contribution in [3.05, 3.63) is 58.6 Å². The summed E-state index contributed by atoms with van der Waals surface area (Å²) in [5.74, 6) is -0.0976. The highest BCUT2D eigenvalue weighted by Crippen LogP contribution is 2.29. The van der Waals surface area contributed by atoms with E-state index in [1.807, 2.05) is 0 Å². The van der Waals surface area contributed by atoms with Gasteiger partial charge in [-0.05, 0) is 49.4 Å². The highest BCUT2D eigenvalue weighted by atomic mass is 35.5. The second kappa shape index (κ2) is 6.41.